The first-order chi connectivity index (χ1) is 4.72. The van der Waals surface area contributed by atoms with E-state index in [0.717, 1.165) is 19.3 Å². The molecule has 0 aromatic heterocycles. The lowest BCUT2D eigenvalue weighted by molar-refractivity contribution is 0.280. The van der Waals surface area contributed by atoms with Crippen molar-refractivity contribution in [3.05, 3.63) is 4.91 Å². The average molecular weight is 144 g/mol. The van der Waals surface area contributed by atoms with Gasteiger partial charge in [0, 0.05) is 0 Å². The van der Waals surface area contributed by atoms with Crippen molar-refractivity contribution in [3.8, 4) is 0 Å². The summed E-state index contributed by atoms with van der Waals surface area (Å²) in [5, 5.41) is 3.00. The fourth-order valence-electron chi connectivity index (χ4n) is 0.792. The van der Waals surface area contributed by atoms with Crippen LogP contribution in [-0.4, -0.2) is 25.2 Å². The van der Waals surface area contributed by atoms with E-state index in [4.69, 9.17) is 0 Å². The van der Waals surface area contributed by atoms with Crippen molar-refractivity contribution in [1.82, 2.24) is 4.90 Å². The number of hydrogen-bond acceptors (Lipinski definition) is 3. The molecule has 1 atom stereocenters. The first-order valence-electron chi connectivity index (χ1n) is 3.71. The van der Waals surface area contributed by atoms with Crippen LogP contribution < -0.4 is 0 Å². The maximum Gasteiger partial charge on any atom is 0.144 e. The molecule has 0 radical (unpaired) electrons. The van der Waals surface area contributed by atoms with E-state index in [1.165, 1.54) is 0 Å². The third kappa shape index (κ3) is 3.56. The van der Waals surface area contributed by atoms with Crippen LogP contribution in [0.4, 0.5) is 0 Å². The van der Waals surface area contributed by atoms with E-state index in [2.05, 4.69) is 12.1 Å². The predicted octanol–water partition coefficient (Wildman–Crippen LogP) is 1.83. The highest BCUT2D eigenvalue weighted by Crippen LogP contribution is 2.05. The van der Waals surface area contributed by atoms with Gasteiger partial charge in [0.1, 0.15) is 6.17 Å². The van der Waals surface area contributed by atoms with Crippen molar-refractivity contribution in [2.45, 2.75) is 32.4 Å². The van der Waals surface area contributed by atoms with Crippen LogP contribution in [0.15, 0.2) is 5.18 Å². The zero-order valence-electron chi connectivity index (χ0n) is 7.00. The highest BCUT2D eigenvalue weighted by molar-refractivity contribution is 4.60. The van der Waals surface area contributed by atoms with Gasteiger partial charge in [-0.25, -0.2) is 0 Å². The highest BCUT2D eigenvalue weighted by atomic mass is 16.3. The molecule has 0 rings (SSSR count). The minimum absolute atomic E-state index is 0.125. The maximum atomic E-state index is 10.2. The Morgan fingerprint density at radius 2 is 2.10 bits per heavy atom. The minimum atomic E-state index is -0.125. The van der Waals surface area contributed by atoms with Crippen molar-refractivity contribution in [3.63, 3.8) is 0 Å². The van der Waals surface area contributed by atoms with Crippen LogP contribution >= 0.6 is 0 Å². The summed E-state index contributed by atoms with van der Waals surface area (Å²) >= 11 is 0. The van der Waals surface area contributed by atoms with E-state index in [-0.39, 0.29) is 6.17 Å². The number of unbranched alkanes of at least 4 members (excludes halogenated alkanes) is 1. The molecule has 1 unspecified atom stereocenters. The van der Waals surface area contributed by atoms with Gasteiger partial charge < -0.3 is 0 Å². The molecule has 60 valence electrons. The van der Waals surface area contributed by atoms with Gasteiger partial charge in [0.25, 0.3) is 0 Å². The predicted molar refractivity (Wildman–Crippen MR) is 42.8 cm³/mol. The largest absolute Gasteiger partial charge is 0.285 e. The quantitative estimate of drug-likeness (QED) is 0.551. The molecule has 0 fully saturated rings. The van der Waals surface area contributed by atoms with Gasteiger partial charge in [-0.1, -0.05) is 24.9 Å². The van der Waals surface area contributed by atoms with Gasteiger partial charge in [-0.05, 0) is 20.5 Å². The first kappa shape index (κ1) is 9.56. The molecule has 0 aliphatic rings. The van der Waals surface area contributed by atoms with Crippen molar-refractivity contribution >= 4 is 0 Å². The third-order valence-corrected chi connectivity index (χ3v) is 1.53. The zero-order chi connectivity index (χ0) is 7.98. The Bertz CT molecular complexity index is 93.6. The second kappa shape index (κ2) is 5.35. The number of nitrogens with zero attached hydrogens (tertiary/aromatic N) is 2. The fourth-order valence-corrected chi connectivity index (χ4v) is 0.792. The smallest absolute Gasteiger partial charge is 0.144 e. The van der Waals surface area contributed by atoms with Crippen LogP contribution in [0.2, 0.25) is 0 Å². The van der Waals surface area contributed by atoms with Crippen LogP contribution in [0.25, 0.3) is 0 Å². The molecule has 3 heteroatoms. The molecule has 0 aromatic rings. The fraction of sp³-hybridized carbons (Fsp3) is 1.00. The van der Waals surface area contributed by atoms with E-state index in [1.54, 1.807) is 0 Å². The van der Waals surface area contributed by atoms with Gasteiger partial charge in [0.05, 0.1) is 0 Å². The summed E-state index contributed by atoms with van der Waals surface area (Å²) in [4.78, 5) is 12.0. The first-order valence-corrected chi connectivity index (χ1v) is 3.71. The van der Waals surface area contributed by atoms with Crippen LogP contribution in [0.3, 0.4) is 0 Å². The Balaban J connectivity index is 3.50. The summed E-state index contributed by atoms with van der Waals surface area (Å²) in [7, 11) is 3.75. The zero-order valence-corrected chi connectivity index (χ0v) is 7.00. The van der Waals surface area contributed by atoms with Crippen LogP contribution in [0.5, 0.6) is 0 Å². The van der Waals surface area contributed by atoms with Gasteiger partial charge in [0.15, 0.2) is 0 Å². The second-order valence-electron chi connectivity index (χ2n) is 2.69. The monoisotopic (exact) mass is 144 g/mol. The number of rotatable bonds is 5. The van der Waals surface area contributed by atoms with Gasteiger partial charge in [0.2, 0.25) is 0 Å². The topological polar surface area (TPSA) is 32.7 Å². The van der Waals surface area contributed by atoms with E-state index in [9.17, 15) is 4.91 Å². The summed E-state index contributed by atoms with van der Waals surface area (Å²) < 4.78 is 0. The van der Waals surface area contributed by atoms with Crippen molar-refractivity contribution in [2.24, 2.45) is 5.18 Å². The molecule has 0 aromatic carbocycles. The van der Waals surface area contributed by atoms with Crippen molar-refractivity contribution < 1.29 is 0 Å². The summed E-state index contributed by atoms with van der Waals surface area (Å²) in [5.74, 6) is 0. The Morgan fingerprint density at radius 3 is 2.40 bits per heavy atom. The van der Waals surface area contributed by atoms with E-state index >= 15 is 0 Å². The molecule has 0 aliphatic heterocycles. The molecule has 0 heterocycles. The summed E-state index contributed by atoms with van der Waals surface area (Å²) in [6.45, 7) is 2.11. The third-order valence-electron chi connectivity index (χ3n) is 1.53. The Kier molecular flexibility index (Phi) is 5.12. The SMILES string of the molecule is CCCCC(N=O)N(C)C. The van der Waals surface area contributed by atoms with Crippen molar-refractivity contribution in [2.75, 3.05) is 14.1 Å². The van der Waals surface area contributed by atoms with E-state index in [1.807, 2.05) is 19.0 Å². The molecule has 0 spiro atoms. The molecule has 0 bridgehead atoms. The molecular weight excluding hydrogens is 128 g/mol. The summed E-state index contributed by atoms with van der Waals surface area (Å²) in [6, 6.07) is 0. The standard InChI is InChI=1S/C7H16N2O/c1-4-5-6-7(8-10)9(2)3/h7H,4-6H2,1-3H3. The van der Waals surface area contributed by atoms with Crippen LogP contribution in [0.1, 0.15) is 26.2 Å². The molecule has 0 N–H and O–H groups in total. The molecule has 10 heavy (non-hydrogen) atoms. The summed E-state index contributed by atoms with van der Waals surface area (Å²) in [5.41, 5.74) is 0. The molecule has 0 amide bonds. The maximum absolute atomic E-state index is 10.2. The normalized spacial score (nSPS) is 13.6. The summed E-state index contributed by atoms with van der Waals surface area (Å²) in [6.07, 6.45) is 2.96. The molecule has 0 aliphatic carbocycles. The molecule has 0 saturated carbocycles. The lowest BCUT2D eigenvalue weighted by atomic mass is 10.2. The molecule has 0 saturated heterocycles. The van der Waals surface area contributed by atoms with Crippen LogP contribution in [0, 0.1) is 4.91 Å². The Labute approximate surface area is 62.4 Å². The van der Waals surface area contributed by atoms with E-state index < -0.39 is 0 Å². The van der Waals surface area contributed by atoms with E-state index in [0.29, 0.717) is 0 Å². The second-order valence-corrected chi connectivity index (χ2v) is 2.69. The Morgan fingerprint density at radius 1 is 1.50 bits per heavy atom. The average Bonchev–Trinajstić information content (AvgIpc) is 1.89. The van der Waals surface area contributed by atoms with Gasteiger partial charge in [-0.15, -0.1) is 4.91 Å². The minimum Gasteiger partial charge on any atom is -0.285 e. The highest BCUT2D eigenvalue weighted by Gasteiger charge is 2.08. The number of nitroso groups, excluding NO2 is 1. The number of hydrogen-bond donors (Lipinski definition) is 0. The Hall–Kier alpha value is -0.440. The lowest BCUT2D eigenvalue weighted by Gasteiger charge is -2.15. The van der Waals surface area contributed by atoms with Crippen LogP contribution in [-0.2, 0) is 0 Å². The van der Waals surface area contributed by atoms with Crippen molar-refractivity contribution in [1.29, 1.82) is 0 Å². The van der Waals surface area contributed by atoms with Gasteiger partial charge >= 0.3 is 0 Å². The van der Waals surface area contributed by atoms with Gasteiger partial charge in [-0.3, -0.25) is 4.90 Å². The lowest BCUT2D eigenvalue weighted by Crippen LogP contribution is -2.25. The van der Waals surface area contributed by atoms with Gasteiger partial charge in [-0.2, -0.15) is 0 Å². The molecule has 3 nitrogen and oxygen atoms in total. The molecular formula is C7H16N2O.